The molecule has 0 saturated carbocycles. The smallest absolute Gasteiger partial charge is 0.319 e. The van der Waals surface area contributed by atoms with Crippen LogP contribution in [-0.2, 0) is 9.53 Å². The molecule has 0 aliphatic carbocycles. The molecule has 0 spiro atoms. The second-order valence-electron chi connectivity index (χ2n) is 1.63. The van der Waals surface area contributed by atoms with Crippen LogP contribution in [-0.4, -0.2) is 31.0 Å². The number of rotatable bonds is 3. The Labute approximate surface area is 53.8 Å². The molecular formula is C5H11NO3. The zero-order chi connectivity index (χ0) is 7.28. The van der Waals surface area contributed by atoms with Gasteiger partial charge >= 0.3 is 5.97 Å². The first kappa shape index (κ1) is 8.39. The molecule has 0 aliphatic heterocycles. The molecule has 0 amide bonds. The minimum atomic E-state index is -0.663. The van der Waals surface area contributed by atoms with Crippen molar-refractivity contribution in [2.45, 2.75) is 13.2 Å². The number of aliphatic hydroxyl groups excluding tert-OH is 1. The molecule has 2 N–H and O–H groups in total. The minimum absolute atomic E-state index is 0.0498. The van der Waals surface area contributed by atoms with E-state index in [2.05, 4.69) is 10.1 Å². The third kappa shape index (κ3) is 5.26. The summed E-state index contributed by atoms with van der Waals surface area (Å²) >= 11 is 0. The summed E-state index contributed by atoms with van der Waals surface area (Å²) < 4.78 is 4.29. The molecule has 1 unspecified atom stereocenters. The second-order valence-corrected chi connectivity index (χ2v) is 1.63. The highest BCUT2D eigenvalue weighted by molar-refractivity contribution is 5.71. The van der Waals surface area contributed by atoms with Crippen LogP contribution in [0.3, 0.4) is 0 Å². The highest BCUT2D eigenvalue weighted by atomic mass is 16.5. The Bertz CT molecular complexity index is 92.2. The number of nitrogens with one attached hydrogen (secondary N) is 1. The molecule has 0 radical (unpaired) electrons. The van der Waals surface area contributed by atoms with Crippen LogP contribution in [0, 0.1) is 0 Å². The van der Waals surface area contributed by atoms with E-state index in [1.165, 1.54) is 14.0 Å². The van der Waals surface area contributed by atoms with Crippen molar-refractivity contribution in [2.75, 3.05) is 13.7 Å². The lowest BCUT2D eigenvalue weighted by molar-refractivity contribution is -0.140. The Hall–Kier alpha value is -0.610. The summed E-state index contributed by atoms with van der Waals surface area (Å²) in [6.45, 7) is 1.58. The highest BCUT2D eigenvalue weighted by Gasteiger charge is 1.99. The fourth-order valence-corrected chi connectivity index (χ4v) is 0.303. The molecule has 0 aliphatic rings. The lowest BCUT2D eigenvalue weighted by Crippen LogP contribution is -2.31. The fraction of sp³-hybridized carbons (Fsp3) is 0.800. The van der Waals surface area contributed by atoms with E-state index >= 15 is 0 Å². The van der Waals surface area contributed by atoms with E-state index in [1.54, 1.807) is 0 Å². The van der Waals surface area contributed by atoms with Crippen LogP contribution in [0.4, 0.5) is 0 Å². The van der Waals surface area contributed by atoms with Gasteiger partial charge in [0.15, 0.2) is 0 Å². The number of methoxy groups -OCH3 is 1. The van der Waals surface area contributed by atoms with E-state index < -0.39 is 6.23 Å². The molecule has 0 aromatic rings. The predicted octanol–water partition coefficient (Wildman–Crippen LogP) is -0.913. The van der Waals surface area contributed by atoms with Gasteiger partial charge in [-0.05, 0) is 6.92 Å². The van der Waals surface area contributed by atoms with Gasteiger partial charge in [0, 0.05) is 0 Å². The van der Waals surface area contributed by atoms with Gasteiger partial charge in [-0.25, -0.2) is 0 Å². The zero-order valence-electron chi connectivity index (χ0n) is 5.55. The number of esters is 1. The number of hydrogen-bond donors (Lipinski definition) is 2. The quantitative estimate of drug-likeness (QED) is 0.386. The van der Waals surface area contributed by atoms with Gasteiger partial charge < -0.3 is 9.84 Å². The van der Waals surface area contributed by atoms with Gasteiger partial charge in [-0.1, -0.05) is 0 Å². The highest BCUT2D eigenvalue weighted by Crippen LogP contribution is 1.72. The first-order valence-electron chi connectivity index (χ1n) is 2.65. The van der Waals surface area contributed by atoms with Gasteiger partial charge in [0.1, 0.15) is 6.23 Å². The van der Waals surface area contributed by atoms with Gasteiger partial charge in [-0.15, -0.1) is 0 Å². The summed E-state index contributed by atoms with van der Waals surface area (Å²) in [5.41, 5.74) is 0. The van der Waals surface area contributed by atoms with Crippen molar-refractivity contribution in [3.8, 4) is 0 Å². The first-order chi connectivity index (χ1) is 4.16. The van der Waals surface area contributed by atoms with Crippen LogP contribution in [0.1, 0.15) is 6.92 Å². The molecule has 1 atom stereocenters. The third-order valence-electron chi connectivity index (χ3n) is 0.769. The largest absolute Gasteiger partial charge is 0.468 e. The standard InChI is InChI=1S/C5H11NO3/c1-4(7)6-3-5(8)9-2/h4,6-7H,3H2,1-2H3. The molecule has 0 aromatic heterocycles. The fourth-order valence-electron chi connectivity index (χ4n) is 0.303. The summed E-state index contributed by atoms with van der Waals surface area (Å²) in [4.78, 5) is 10.3. The summed E-state index contributed by atoms with van der Waals surface area (Å²) in [5, 5.41) is 11.1. The number of carbonyl (C=O) groups excluding carboxylic acids is 1. The van der Waals surface area contributed by atoms with Crippen molar-refractivity contribution >= 4 is 5.97 Å². The monoisotopic (exact) mass is 133 g/mol. The van der Waals surface area contributed by atoms with E-state index in [0.717, 1.165) is 0 Å². The van der Waals surface area contributed by atoms with E-state index in [-0.39, 0.29) is 12.5 Å². The summed E-state index contributed by atoms with van der Waals surface area (Å²) in [5.74, 6) is -0.379. The Morgan fingerprint density at radius 1 is 1.89 bits per heavy atom. The van der Waals surface area contributed by atoms with Crippen molar-refractivity contribution in [3.63, 3.8) is 0 Å². The maximum atomic E-state index is 10.3. The Morgan fingerprint density at radius 3 is 2.78 bits per heavy atom. The van der Waals surface area contributed by atoms with E-state index in [1.807, 2.05) is 0 Å². The average Bonchev–Trinajstić information content (AvgIpc) is 1.83. The van der Waals surface area contributed by atoms with Gasteiger partial charge in [-0.3, -0.25) is 10.1 Å². The molecule has 0 saturated heterocycles. The van der Waals surface area contributed by atoms with Crippen molar-refractivity contribution in [2.24, 2.45) is 0 Å². The second kappa shape index (κ2) is 4.29. The average molecular weight is 133 g/mol. The van der Waals surface area contributed by atoms with Gasteiger partial charge in [0.05, 0.1) is 13.7 Å². The molecule has 0 fully saturated rings. The van der Waals surface area contributed by atoms with Crippen LogP contribution in [0.2, 0.25) is 0 Å². The van der Waals surface area contributed by atoms with Crippen LogP contribution < -0.4 is 5.32 Å². The maximum Gasteiger partial charge on any atom is 0.319 e. The minimum Gasteiger partial charge on any atom is -0.468 e. The molecule has 0 aromatic carbocycles. The Morgan fingerprint density at radius 2 is 2.44 bits per heavy atom. The van der Waals surface area contributed by atoms with Crippen molar-refractivity contribution in [3.05, 3.63) is 0 Å². The molecule has 0 bridgehead atoms. The molecule has 9 heavy (non-hydrogen) atoms. The van der Waals surface area contributed by atoms with Crippen molar-refractivity contribution in [1.29, 1.82) is 0 Å². The van der Waals surface area contributed by atoms with Crippen molar-refractivity contribution in [1.82, 2.24) is 5.32 Å². The predicted molar refractivity (Wildman–Crippen MR) is 31.7 cm³/mol. The SMILES string of the molecule is COC(=O)CNC(C)O. The third-order valence-corrected chi connectivity index (χ3v) is 0.769. The maximum absolute atomic E-state index is 10.3. The Balaban J connectivity index is 3.17. The molecule has 0 rings (SSSR count). The van der Waals surface area contributed by atoms with Crippen molar-refractivity contribution < 1.29 is 14.6 Å². The van der Waals surface area contributed by atoms with Crippen LogP contribution in [0.15, 0.2) is 0 Å². The van der Waals surface area contributed by atoms with Gasteiger partial charge in [0.2, 0.25) is 0 Å². The van der Waals surface area contributed by atoms with Crippen LogP contribution >= 0.6 is 0 Å². The van der Waals surface area contributed by atoms with Gasteiger partial charge in [-0.2, -0.15) is 0 Å². The number of aliphatic hydroxyl groups is 1. The van der Waals surface area contributed by atoms with E-state index in [0.29, 0.717) is 0 Å². The van der Waals surface area contributed by atoms with E-state index in [4.69, 9.17) is 5.11 Å². The number of ether oxygens (including phenoxy) is 1. The first-order valence-corrected chi connectivity index (χ1v) is 2.65. The lowest BCUT2D eigenvalue weighted by atomic mass is 10.6. The number of hydrogen-bond acceptors (Lipinski definition) is 4. The van der Waals surface area contributed by atoms with E-state index in [9.17, 15) is 4.79 Å². The zero-order valence-corrected chi connectivity index (χ0v) is 5.55. The molecule has 54 valence electrons. The summed E-state index contributed by atoms with van der Waals surface area (Å²) in [7, 11) is 1.30. The molecule has 0 heterocycles. The molecular weight excluding hydrogens is 122 g/mol. The summed E-state index contributed by atoms with van der Waals surface area (Å²) in [6, 6.07) is 0. The number of carbonyl (C=O) groups is 1. The topological polar surface area (TPSA) is 58.6 Å². The van der Waals surface area contributed by atoms with Gasteiger partial charge in [0.25, 0.3) is 0 Å². The normalized spacial score (nSPS) is 12.8. The van der Waals surface area contributed by atoms with Crippen LogP contribution in [0.5, 0.6) is 0 Å². The Kier molecular flexibility index (Phi) is 4.00. The van der Waals surface area contributed by atoms with Crippen LogP contribution in [0.25, 0.3) is 0 Å². The summed E-state index contributed by atoms with van der Waals surface area (Å²) in [6.07, 6.45) is -0.663. The molecule has 4 nitrogen and oxygen atoms in total. The molecule has 4 heteroatoms. The lowest BCUT2D eigenvalue weighted by Gasteiger charge is -2.03.